The van der Waals surface area contributed by atoms with Gasteiger partial charge in [-0.1, -0.05) is 0 Å². The van der Waals surface area contributed by atoms with Crippen LogP contribution in [0.25, 0.3) is 0 Å². The fourth-order valence-electron chi connectivity index (χ4n) is 1.87. The molecule has 2 rings (SSSR count). The van der Waals surface area contributed by atoms with Gasteiger partial charge in [0.25, 0.3) is 0 Å². The van der Waals surface area contributed by atoms with Crippen LogP contribution in [0.15, 0.2) is 12.1 Å². The van der Waals surface area contributed by atoms with Crippen LogP contribution in [0.4, 0.5) is 4.39 Å². The molecule has 76 valence electrons. The van der Waals surface area contributed by atoms with E-state index in [4.69, 9.17) is 5.73 Å². The van der Waals surface area contributed by atoms with Crippen molar-refractivity contribution < 1.29 is 4.39 Å². The Balaban J connectivity index is 2.53. The molecule has 1 aromatic rings. The average molecular weight is 211 g/mol. The number of fused-ring (bicyclic) bond motifs is 1. The van der Waals surface area contributed by atoms with E-state index in [1.165, 1.54) is 5.56 Å². The Morgan fingerprint density at radius 2 is 2.29 bits per heavy atom. The van der Waals surface area contributed by atoms with Gasteiger partial charge < -0.3 is 5.73 Å². The van der Waals surface area contributed by atoms with Crippen molar-refractivity contribution in [2.45, 2.75) is 25.1 Å². The minimum Gasteiger partial charge on any atom is -0.324 e. The molecule has 0 spiro atoms. The van der Waals surface area contributed by atoms with Crippen LogP contribution in [-0.2, 0) is 5.75 Å². The Morgan fingerprint density at radius 3 is 3.07 bits per heavy atom. The van der Waals surface area contributed by atoms with Crippen molar-refractivity contribution in [3.8, 4) is 0 Å². The van der Waals surface area contributed by atoms with Gasteiger partial charge in [-0.15, -0.1) is 0 Å². The van der Waals surface area contributed by atoms with E-state index in [0.29, 0.717) is 0 Å². The molecular formula is C11H14FNS. The van der Waals surface area contributed by atoms with Gasteiger partial charge in [-0.3, -0.25) is 0 Å². The van der Waals surface area contributed by atoms with Gasteiger partial charge in [-0.25, -0.2) is 4.39 Å². The van der Waals surface area contributed by atoms with Crippen LogP contribution in [0.5, 0.6) is 0 Å². The highest BCUT2D eigenvalue weighted by molar-refractivity contribution is 7.98. The third kappa shape index (κ3) is 1.79. The molecule has 3 heteroatoms. The van der Waals surface area contributed by atoms with Crippen molar-refractivity contribution in [1.82, 2.24) is 0 Å². The highest BCUT2D eigenvalue weighted by Crippen LogP contribution is 2.31. The molecule has 0 bridgehead atoms. The van der Waals surface area contributed by atoms with E-state index in [0.717, 1.165) is 29.1 Å². The molecule has 0 radical (unpaired) electrons. The number of aryl methyl sites for hydroxylation is 1. The lowest BCUT2D eigenvalue weighted by molar-refractivity contribution is 0.614. The van der Waals surface area contributed by atoms with Crippen LogP contribution in [0.2, 0.25) is 0 Å². The van der Waals surface area contributed by atoms with Gasteiger partial charge in [0.2, 0.25) is 0 Å². The molecule has 0 amide bonds. The predicted octanol–water partition coefficient (Wildman–Crippen LogP) is 2.77. The van der Waals surface area contributed by atoms with Gasteiger partial charge in [0, 0.05) is 11.8 Å². The van der Waals surface area contributed by atoms with Gasteiger partial charge in [0.15, 0.2) is 0 Å². The third-order valence-corrected chi connectivity index (χ3v) is 3.71. The maximum absolute atomic E-state index is 13.2. The molecule has 0 aliphatic carbocycles. The maximum Gasteiger partial charge on any atom is 0.123 e. The molecule has 1 atom stereocenters. The fraction of sp³-hybridized carbons (Fsp3) is 0.455. The second kappa shape index (κ2) is 3.91. The van der Waals surface area contributed by atoms with Gasteiger partial charge in [-0.2, -0.15) is 11.8 Å². The maximum atomic E-state index is 13.2. The summed E-state index contributed by atoms with van der Waals surface area (Å²) in [5, 5.41) is 0. The zero-order valence-electron chi connectivity index (χ0n) is 8.22. The molecule has 0 fully saturated rings. The van der Waals surface area contributed by atoms with Crippen LogP contribution in [0.3, 0.4) is 0 Å². The van der Waals surface area contributed by atoms with Gasteiger partial charge in [-0.05, 0) is 47.9 Å². The Hall–Kier alpha value is -0.540. The molecule has 0 saturated carbocycles. The van der Waals surface area contributed by atoms with E-state index in [2.05, 4.69) is 0 Å². The number of benzene rings is 1. The monoisotopic (exact) mass is 211 g/mol. The molecule has 1 aliphatic heterocycles. The molecule has 0 saturated heterocycles. The van der Waals surface area contributed by atoms with Crippen molar-refractivity contribution >= 4 is 11.8 Å². The first-order valence-electron chi connectivity index (χ1n) is 4.80. The quantitative estimate of drug-likeness (QED) is 0.714. The molecule has 0 aromatic heterocycles. The van der Waals surface area contributed by atoms with Gasteiger partial charge >= 0.3 is 0 Å². The van der Waals surface area contributed by atoms with Gasteiger partial charge in [0.05, 0.1) is 0 Å². The Labute approximate surface area is 87.9 Å². The zero-order valence-corrected chi connectivity index (χ0v) is 9.03. The zero-order chi connectivity index (χ0) is 10.1. The smallest absolute Gasteiger partial charge is 0.123 e. The number of thioether (sulfide) groups is 1. The summed E-state index contributed by atoms with van der Waals surface area (Å²) in [6, 6.07) is 3.20. The third-order valence-electron chi connectivity index (χ3n) is 2.69. The normalized spacial score (nSPS) is 21.5. The first kappa shape index (κ1) is 9.99. The summed E-state index contributed by atoms with van der Waals surface area (Å²) in [6.07, 6.45) is 0.945. The van der Waals surface area contributed by atoms with Crippen LogP contribution < -0.4 is 5.73 Å². The fourth-order valence-corrected chi connectivity index (χ4v) is 3.03. The lowest BCUT2D eigenvalue weighted by Gasteiger charge is -2.14. The summed E-state index contributed by atoms with van der Waals surface area (Å²) in [6.45, 7) is 1.96. The van der Waals surface area contributed by atoms with Crippen molar-refractivity contribution in [3.63, 3.8) is 0 Å². The topological polar surface area (TPSA) is 26.0 Å². The highest BCUT2D eigenvalue weighted by atomic mass is 32.2. The largest absolute Gasteiger partial charge is 0.324 e. The summed E-state index contributed by atoms with van der Waals surface area (Å²) < 4.78 is 13.2. The Kier molecular flexibility index (Phi) is 2.79. The summed E-state index contributed by atoms with van der Waals surface area (Å²) in [4.78, 5) is 0. The molecule has 1 nitrogen and oxygen atoms in total. The summed E-state index contributed by atoms with van der Waals surface area (Å²) in [5.74, 6) is 1.87. The number of hydrogen-bond donors (Lipinski definition) is 1. The average Bonchev–Trinajstić information content (AvgIpc) is 2.29. The van der Waals surface area contributed by atoms with E-state index in [9.17, 15) is 4.39 Å². The van der Waals surface area contributed by atoms with Crippen LogP contribution >= 0.6 is 11.8 Å². The summed E-state index contributed by atoms with van der Waals surface area (Å²) in [5.41, 5.74) is 9.28. The van der Waals surface area contributed by atoms with Crippen molar-refractivity contribution in [1.29, 1.82) is 0 Å². The number of rotatable bonds is 0. The molecule has 14 heavy (non-hydrogen) atoms. The van der Waals surface area contributed by atoms with Crippen molar-refractivity contribution in [3.05, 3.63) is 34.6 Å². The van der Waals surface area contributed by atoms with Crippen molar-refractivity contribution in [2.24, 2.45) is 5.73 Å². The summed E-state index contributed by atoms with van der Waals surface area (Å²) in [7, 11) is 0. The predicted molar refractivity (Wildman–Crippen MR) is 58.8 cm³/mol. The SMILES string of the molecule is Cc1cc(F)cc2c1CSCC[C@@H]2N. The highest BCUT2D eigenvalue weighted by Gasteiger charge is 2.17. The van der Waals surface area contributed by atoms with E-state index in [-0.39, 0.29) is 11.9 Å². The first-order chi connectivity index (χ1) is 6.68. The minimum absolute atomic E-state index is 0.00870. The molecule has 1 aromatic carbocycles. The van der Waals surface area contributed by atoms with E-state index in [1.807, 2.05) is 18.7 Å². The number of hydrogen-bond acceptors (Lipinski definition) is 2. The standard InChI is InChI=1S/C11H14FNS/c1-7-4-8(12)5-9-10(7)6-14-3-2-11(9)13/h4-5,11H,2-3,6,13H2,1H3/t11-/m0/s1. The second-order valence-electron chi connectivity index (χ2n) is 3.74. The Bertz CT molecular complexity index is 351. The molecular weight excluding hydrogens is 197 g/mol. The van der Waals surface area contributed by atoms with Crippen LogP contribution in [-0.4, -0.2) is 5.75 Å². The number of nitrogens with two attached hydrogens (primary N) is 1. The number of halogens is 1. The molecule has 1 aliphatic rings. The van der Waals surface area contributed by atoms with Gasteiger partial charge in [0.1, 0.15) is 5.82 Å². The molecule has 0 unspecified atom stereocenters. The minimum atomic E-state index is -0.163. The lowest BCUT2D eigenvalue weighted by Crippen LogP contribution is -2.12. The van der Waals surface area contributed by atoms with Crippen LogP contribution in [0, 0.1) is 12.7 Å². The van der Waals surface area contributed by atoms with E-state index >= 15 is 0 Å². The molecule has 2 N–H and O–H groups in total. The van der Waals surface area contributed by atoms with Crippen molar-refractivity contribution in [2.75, 3.05) is 5.75 Å². The van der Waals surface area contributed by atoms with E-state index in [1.54, 1.807) is 12.1 Å². The van der Waals surface area contributed by atoms with E-state index < -0.39 is 0 Å². The van der Waals surface area contributed by atoms with Crippen LogP contribution in [0.1, 0.15) is 29.2 Å². The molecule has 1 heterocycles. The first-order valence-corrected chi connectivity index (χ1v) is 5.96. The Morgan fingerprint density at radius 1 is 1.50 bits per heavy atom. The second-order valence-corrected chi connectivity index (χ2v) is 4.84. The lowest BCUT2D eigenvalue weighted by atomic mass is 9.96. The summed E-state index contributed by atoms with van der Waals surface area (Å²) >= 11 is 1.88.